The highest BCUT2D eigenvalue weighted by atomic mass is 32.2. The molecule has 2 aliphatic carbocycles. The van der Waals surface area contributed by atoms with Crippen LogP contribution in [0, 0.1) is 17.8 Å². The molecule has 0 spiro atoms. The topological polar surface area (TPSA) is 66.4 Å². The Morgan fingerprint density at radius 2 is 1.89 bits per heavy atom. The smallest absolute Gasteiger partial charge is 0.329 e. The van der Waals surface area contributed by atoms with Gasteiger partial charge in [-0.25, -0.2) is 4.79 Å². The standard InChI is InChI=1S/C13H19NO3S/c15-11(10-7-9(10)8-1-2-8)14-13(12(16)17)3-5-18-6-4-13/h8-10H,1-7H2,(H,14,15)(H,16,17). The van der Waals surface area contributed by atoms with Gasteiger partial charge in [0, 0.05) is 5.92 Å². The Balaban J connectivity index is 1.62. The number of nitrogens with one attached hydrogen (secondary N) is 1. The van der Waals surface area contributed by atoms with Crippen molar-refractivity contribution < 1.29 is 14.7 Å². The Morgan fingerprint density at radius 1 is 1.22 bits per heavy atom. The fourth-order valence-electron chi connectivity index (χ4n) is 3.00. The zero-order valence-corrected chi connectivity index (χ0v) is 11.2. The molecular weight excluding hydrogens is 250 g/mol. The van der Waals surface area contributed by atoms with Crippen LogP contribution in [0.4, 0.5) is 0 Å². The van der Waals surface area contributed by atoms with E-state index >= 15 is 0 Å². The van der Waals surface area contributed by atoms with E-state index in [-0.39, 0.29) is 11.8 Å². The molecule has 18 heavy (non-hydrogen) atoms. The zero-order chi connectivity index (χ0) is 12.8. The van der Waals surface area contributed by atoms with E-state index in [1.807, 2.05) is 0 Å². The molecule has 0 aromatic heterocycles. The molecule has 0 radical (unpaired) electrons. The van der Waals surface area contributed by atoms with Gasteiger partial charge in [0.25, 0.3) is 0 Å². The molecule has 3 rings (SSSR count). The normalized spacial score (nSPS) is 33.8. The summed E-state index contributed by atoms with van der Waals surface area (Å²) < 4.78 is 0. The Labute approximate surface area is 111 Å². The minimum absolute atomic E-state index is 0.0128. The van der Waals surface area contributed by atoms with Crippen LogP contribution in [0.1, 0.15) is 32.1 Å². The predicted octanol–water partition coefficient (Wildman–Crippen LogP) is 1.50. The van der Waals surface area contributed by atoms with Crippen molar-refractivity contribution in [1.82, 2.24) is 5.32 Å². The summed E-state index contributed by atoms with van der Waals surface area (Å²) in [6.45, 7) is 0. The third-order valence-electron chi connectivity index (χ3n) is 4.52. The van der Waals surface area contributed by atoms with Crippen molar-refractivity contribution in [3.63, 3.8) is 0 Å². The molecule has 1 saturated heterocycles. The maximum atomic E-state index is 12.1. The van der Waals surface area contributed by atoms with Crippen molar-refractivity contribution in [3.05, 3.63) is 0 Å². The molecule has 2 N–H and O–H groups in total. The van der Waals surface area contributed by atoms with Crippen LogP contribution >= 0.6 is 11.8 Å². The molecule has 100 valence electrons. The van der Waals surface area contributed by atoms with Crippen molar-refractivity contribution in [3.8, 4) is 0 Å². The third-order valence-corrected chi connectivity index (χ3v) is 5.51. The van der Waals surface area contributed by atoms with Gasteiger partial charge in [0.1, 0.15) is 5.54 Å². The fraction of sp³-hybridized carbons (Fsp3) is 0.846. The number of amides is 1. The molecule has 0 bridgehead atoms. The highest BCUT2D eigenvalue weighted by molar-refractivity contribution is 7.99. The monoisotopic (exact) mass is 269 g/mol. The number of thioether (sulfide) groups is 1. The molecule has 0 aromatic rings. The van der Waals surface area contributed by atoms with Crippen LogP contribution in [0.25, 0.3) is 0 Å². The summed E-state index contributed by atoms with van der Waals surface area (Å²) in [5.41, 5.74) is -0.987. The predicted molar refractivity (Wildman–Crippen MR) is 69.4 cm³/mol. The quantitative estimate of drug-likeness (QED) is 0.811. The second kappa shape index (κ2) is 4.44. The number of carboxylic acids is 1. The second-order valence-electron chi connectivity index (χ2n) is 5.83. The first-order chi connectivity index (χ1) is 8.62. The van der Waals surface area contributed by atoms with Crippen LogP contribution in [-0.4, -0.2) is 34.0 Å². The third kappa shape index (κ3) is 2.25. The van der Waals surface area contributed by atoms with Gasteiger partial charge in [-0.15, -0.1) is 0 Å². The summed E-state index contributed by atoms with van der Waals surface area (Å²) in [4.78, 5) is 23.6. The number of carbonyl (C=O) groups excluding carboxylic acids is 1. The van der Waals surface area contributed by atoms with Gasteiger partial charge >= 0.3 is 5.97 Å². The van der Waals surface area contributed by atoms with Crippen LogP contribution < -0.4 is 5.32 Å². The number of rotatable bonds is 4. The molecule has 1 heterocycles. The molecule has 1 aliphatic heterocycles. The van der Waals surface area contributed by atoms with Gasteiger partial charge < -0.3 is 10.4 Å². The van der Waals surface area contributed by atoms with Crippen LogP contribution in [0.3, 0.4) is 0 Å². The number of hydrogen-bond donors (Lipinski definition) is 2. The highest BCUT2D eigenvalue weighted by Gasteiger charge is 2.53. The highest BCUT2D eigenvalue weighted by Crippen LogP contribution is 2.54. The van der Waals surface area contributed by atoms with Gasteiger partial charge in [-0.1, -0.05) is 0 Å². The summed E-state index contributed by atoms with van der Waals surface area (Å²) in [6.07, 6.45) is 4.60. The summed E-state index contributed by atoms with van der Waals surface area (Å²) >= 11 is 1.77. The van der Waals surface area contributed by atoms with E-state index in [0.29, 0.717) is 18.8 Å². The lowest BCUT2D eigenvalue weighted by molar-refractivity contribution is -0.148. The summed E-state index contributed by atoms with van der Waals surface area (Å²) in [5.74, 6) is 2.17. The van der Waals surface area contributed by atoms with Crippen LogP contribution in [0.5, 0.6) is 0 Å². The van der Waals surface area contributed by atoms with Gasteiger partial charge in [-0.3, -0.25) is 4.79 Å². The van der Waals surface area contributed by atoms with Gasteiger partial charge in [-0.2, -0.15) is 11.8 Å². The van der Waals surface area contributed by atoms with Crippen molar-refractivity contribution in [1.29, 1.82) is 0 Å². The summed E-state index contributed by atoms with van der Waals surface area (Å²) in [5, 5.41) is 12.3. The Morgan fingerprint density at radius 3 is 2.44 bits per heavy atom. The molecule has 3 aliphatic rings. The maximum absolute atomic E-state index is 12.1. The van der Waals surface area contributed by atoms with Crippen molar-refractivity contribution in [2.45, 2.75) is 37.6 Å². The van der Waals surface area contributed by atoms with Crippen molar-refractivity contribution in [2.24, 2.45) is 17.8 Å². The molecule has 0 aromatic carbocycles. The van der Waals surface area contributed by atoms with Gasteiger partial charge in [0.15, 0.2) is 0 Å². The first kappa shape index (κ1) is 12.3. The number of carbonyl (C=O) groups is 2. The van der Waals surface area contributed by atoms with E-state index in [4.69, 9.17) is 0 Å². The average molecular weight is 269 g/mol. The lowest BCUT2D eigenvalue weighted by atomic mass is 9.92. The number of aliphatic carboxylic acids is 1. The minimum atomic E-state index is -0.987. The SMILES string of the molecule is O=C(NC1(C(=O)O)CCSCC1)C1CC1C1CC1. The lowest BCUT2D eigenvalue weighted by Gasteiger charge is -2.33. The molecule has 2 atom stereocenters. The van der Waals surface area contributed by atoms with E-state index in [9.17, 15) is 14.7 Å². The maximum Gasteiger partial charge on any atom is 0.329 e. The Bertz CT molecular complexity index is 374. The van der Waals surface area contributed by atoms with E-state index in [2.05, 4.69) is 5.32 Å². The molecule has 2 unspecified atom stereocenters. The number of hydrogen-bond acceptors (Lipinski definition) is 3. The van der Waals surface area contributed by atoms with Gasteiger partial charge in [0.05, 0.1) is 0 Å². The second-order valence-corrected chi connectivity index (χ2v) is 7.06. The molecule has 2 saturated carbocycles. The Kier molecular flexibility index (Phi) is 3.04. The lowest BCUT2D eigenvalue weighted by Crippen LogP contribution is -2.57. The van der Waals surface area contributed by atoms with E-state index in [1.54, 1.807) is 11.8 Å². The Hall–Kier alpha value is -0.710. The van der Waals surface area contributed by atoms with Crippen molar-refractivity contribution in [2.75, 3.05) is 11.5 Å². The van der Waals surface area contributed by atoms with Crippen LogP contribution in [0.2, 0.25) is 0 Å². The van der Waals surface area contributed by atoms with E-state index in [0.717, 1.165) is 23.8 Å². The van der Waals surface area contributed by atoms with Crippen LogP contribution in [-0.2, 0) is 9.59 Å². The zero-order valence-electron chi connectivity index (χ0n) is 10.4. The largest absolute Gasteiger partial charge is 0.480 e. The summed E-state index contributed by atoms with van der Waals surface area (Å²) in [6, 6.07) is 0. The number of carboxylic acid groups (broad SMARTS) is 1. The molecule has 5 heteroatoms. The molecule has 1 amide bonds. The van der Waals surface area contributed by atoms with E-state index in [1.165, 1.54) is 12.8 Å². The fourth-order valence-corrected chi connectivity index (χ4v) is 4.19. The van der Waals surface area contributed by atoms with E-state index < -0.39 is 11.5 Å². The summed E-state index contributed by atoms with van der Waals surface area (Å²) in [7, 11) is 0. The molecular formula is C13H19NO3S. The average Bonchev–Trinajstić information content (AvgIpc) is 3.20. The first-order valence-corrected chi connectivity index (χ1v) is 7.91. The minimum Gasteiger partial charge on any atom is -0.480 e. The van der Waals surface area contributed by atoms with Gasteiger partial charge in [-0.05, 0) is 55.4 Å². The van der Waals surface area contributed by atoms with Gasteiger partial charge in [0.2, 0.25) is 5.91 Å². The molecule has 3 fully saturated rings. The van der Waals surface area contributed by atoms with Crippen LogP contribution in [0.15, 0.2) is 0 Å². The first-order valence-electron chi connectivity index (χ1n) is 6.75. The van der Waals surface area contributed by atoms with Crippen molar-refractivity contribution >= 4 is 23.6 Å². The molecule has 4 nitrogen and oxygen atoms in total.